The van der Waals surface area contributed by atoms with Crippen molar-refractivity contribution >= 4 is 0 Å². The molecule has 0 amide bonds. The third-order valence-electron chi connectivity index (χ3n) is 4.25. The van der Waals surface area contributed by atoms with Gasteiger partial charge in [-0.1, -0.05) is 36.1 Å². The topological polar surface area (TPSA) is 47.9 Å². The second-order valence-electron chi connectivity index (χ2n) is 5.95. The number of methoxy groups -OCH3 is 2. The smallest absolute Gasteiger partial charge is 0.119 e. The zero-order valence-electron chi connectivity index (χ0n) is 14.9. The number of ether oxygens (including phenoxy) is 3. The first-order chi connectivity index (χ1) is 12.7. The first kappa shape index (κ1) is 18.1. The maximum Gasteiger partial charge on any atom is 0.119 e. The van der Waals surface area contributed by atoms with E-state index in [4.69, 9.17) is 14.2 Å². The van der Waals surface area contributed by atoms with E-state index in [1.165, 1.54) is 0 Å². The van der Waals surface area contributed by atoms with Crippen molar-refractivity contribution < 1.29 is 19.3 Å². The van der Waals surface area contributed by atoms with E-state index in [1.54, 1.807) is 14.2 Å². The van der Waals surface area contributed by atoms with Gasteiger partial charge in [0.1, 0.15) is 17.6 Å². The van der Waals surface area contributed by atoms with Gasteiger partial charge in [-0.25, -0.2) is 0 Å². The Morgan fingerprint density at radius 3 is 2.62 bits per heavy atom. The fourth-order valence-corrected chi connectivity index (χ4v) is 2.84. The molecule has 1 aliphatic rings. The molecule has 2 unspecified atom stereocenters. The van der Waals surface area contributed by atoms with Crippen LogP contribution in [0.25, 0.3) is 0 Å². The summed E-state index contributed by atoms with van der Waals surface area (Å²) in [4.78, 5) is 0. The Labute approximate surface area is 154 Å². The van der Waals surface area contributed by atoms with Crippen LogP contribution in [0, 0.1) is 11.8 Å². The van der Waals surface area contributed by atoms with Gasteiger partial charge in [-0.05, 0) is 41.5 Å². The second kappa shape index (κ2) is 8.57. The molecule has 0 aromatic heterocycles. The molecule has 0 aliphatic carbocycles. The van der Waals surface area contributed by atoms with Crippen LogP contribution in [0.15, 0.2) is 60.2 Å². The minimum absolute atomic E-state index is 0.188. The second-order valence-corrected chi connectivity index (χ2v) is 5.95. The van der Waals surface area contributed by atoms with Crippen molar-refractivity contribution in [3.05, 3.63) is 71.3 Å². The predicted molar refractivity (Wildman–Crippen MR) is 100 cm³/mol. The molecule has 2 aromatic rings. The molecule has 0 spiro atoms. The van der Waals surface area contributed by atoms with Crippen LogP contribution in [-0.2, 0) is 4.74 Å². The van der Waals surface area contributed by atoms with Crippen LogP contribution in [0.3, 0.4) is 0 Å². The number of hydrogen-bond donors (Lipinski definition) is 1. The summed E-state index contributed by atoms with van der Waals surface area (Å²) in [5, 5.41) is 10.3. The molecule has 1 N–H and O–H groups in total. The van der Waals surface area contributed by atoms with Crippen LogP contribution in [0.4, 0.5) is 0 Å². The maximum absolute atomic E-state index is 10.3. The number of rotatable bonds is 5. The Bertz CT molecular complexity index is 844. The van der Waals surface area contributed by atoms with E-state index >= 15 is 0 Å². The Kier molecular flexibility index (Phi) is 5.96. The van der Waals surface area contributed by atoms with Gasteiger partial charge in [-0.15, -0.1) is 0 Å². The Morgan fingerprint density at radius 1 is 1.12 bits per heavy atom. The fraction of sp³-hybridized carbons (Fsp3) is 0.273. The molecule has 1 aliphatic heterocycles. The fourth-order valence-electron chi connectivity index (χ4n) is 2.84. The highest BCUT2D eigenvalue weighted by Gasteiger charge is 2.21. The lowest BCUT2D eigenvalue weighted by Gasteiger charge is -2.13. The van der Waals surface area contributed by atoms with E-state index in [1.807, 2.05) is 54.6 Å². The van der Waals surface area contributed by atoms with Crippen molar-refractivity contribution in [2.45, 2.75) is 18.6 Å². The molecular weight excluding hydrogens is 328 g/mol. The van der Waals surface area contributed by atoms with E-state index < -0.39 is 6.10 Å². The van der Waals surface area contributed by atoms with E-state index in [-0.39, 0.29) is 6.10 Å². The molecule has 3 rings (SSSR count). The largest absolute Gasteiger partial charge is 0.497 e. The van der Waals surface area contributed by atoms with Gasteiger partial charge >= 0.3 is 0 Å². The minimum Gasteiger partial charge on any atom is -0.497 e. The minimum atomic E-state index is -0.657. The van der Waals surface area contributed by atoms with E-state index in [0.29, 0.717) is 13.0 Å². The zero-order chi connectivity index (χ0) is 18.4. The highest BCUT2D eigenvalue weighted by molar-refractivity contribution is 5.42. The SMILES string of the molecule is COc1cccc(C(O)CC#CC2=CCOC2c2cccc(OC)c2)c1. The van der Waals surface area contributed by atoms with Crippen molar-refractivity contribution in [1.82, 2.24) is 0 Å². The van der Waals surface area contributed by atoms with Gasteiger partial charge in [-0.3, -0.25) is 0 Å². The summed E-state index contributed by atoms with van der Waals surface area (Å²) in [7, 11) is 3.25. The summed E-state index contributed by atoms with van der Waals surface area (Å²) >= 11 is 0. The third-order valence-corrected chi connectivity index (χ3v) is 4.25. The van der Waals surface area contributed by atoms with E-state index in [0.717, 1.165) is 28.2 Å². The molecule has 26 heavy (non-hydrogen) atoms. The van der Waals surface area contributed by atoms with Crippen molar-refractivity contribution in [1.29, 1.82) is 0 Å². The normalized spacial score (nSPS) is 17.0. The van der Waals surface area contributed by atoms with Crippen molar-refractivity contribution in [3.63, 3.8) is 0 Å². The number of benzene rings is 2. The molecule has 0 radical (unpaired) electrons. The summed E-state index contributed by atoms with van der Waals surface area (Å²) in [5.74, 6) is 7.73. The van der Waals surface area contributed by atoms with Gasteiger partial charge < -0.3 is 19.3 Å². The van der Waals surface area contributed by atoms with Gasteiger partial charge in [-0.2, -0.15) is 0 Å². The third kappa shape index (κ3) is 4.26. The van der Waals surface area contributed by atoms with E-state index in [2.05, 4.69) is 11.8 Å². The van der Waals surface area contributed by atoms with E-state index in [9.17, 15) is 5.11 Å². The van der Waals surface area contributed by atoms with Gasteiger partial charge in [0.2, 0.25) is 0 Å². The number of hydrogen-bond acceptors (Lipinski definition) is 4. The molecule has 2 aromatic carbocycles. The van der Waals surface area contributed by atoms with Gasteiger partial charge in [0.05, 0.1) is 26.9 Å². The quantitative estimate of drug-likeness (QED) is 0.833. The Morgan fingerprint density at radius 2 is 1.85 bits per heavy atom. The lowest BCUT2D eigenvalue weighted by molar-refractivity contribution is 0.125. The molecule has 0 saturated heterocycles. The van der Waals surface area contributed by atoms with Crippen LogP contribution in [0.1, 0.15) is 29.8 Å². The predicted octanol–water partition coefficient (Wildman–Crippen LogP) is 3.83. The first-order valence-electron chi connectivity index (χ1n) is 8.47. The van der Waals surface area contributed by atoms with Crippen molar-refractivity contribution in [3.8, 4) is 23.3 Å². The summed E-state index contributed by atoms with van der Waals surface area (Å²) in [6, 6.07) is 15.2. The molecule has 4 nitrogen and oxygen atoms in total. The Balaban J connectivity index is 1.68. The standard InChI is InChI=1S/C22H22O4/c1-24-19-9-3-7-17(14-19)21(23)11-5-6-16-12-13-26-22(16)18-8-4-10-20(15-18)25-2/h3-4,7-10,12,14-15,21-23H,11,13H2,1-2H3. The lowest BCUT2D eigenvalue weighted by atomic mass is 10.0. The summed E-state index contributed by atoms with van der Waals surface area (Å²) < 4.78 is 16.3. The van der Waals surface area contributed by atoms with Crippen molar-refractivity contribution in [2.24, 2.45) is 0 Å². The summed E-state index contributed by atoms with van der Waals surface area (Å²) in [6.07, 6.45) is 1.48. The van der Waals surface area contributed by atoms with Crippen molar-refractivity contribution in [2.75, 3.05) is 20.8 Å². The molecule has 134 valence electrons. The molecule has 0 bridgehead atoms. The van der Waals surface area contributed by atoms with Crippen LogP contribution in [0.2, 0.25) is 0 Å². The molecule has 1 heterocycles. The van der Waals surface area contributed by atoms with Crippen LogP contribution in [-0.4, -0.2) is 25.9 Å². The molecule has 4 heteroatoms. The van der Waals surface area contributed by atoms with Gasteiger partial charge in [0.25, 0.3) is 0 Å². The molecule has 0 fully saturated rings. The van der Waals surface area contributed by atoms with Crippen LogP contribution in [0.5, 0.6) is 11.5 Å². The van der Waals surface area contributed by atoms with Gasteiger partial charge in [0.15, 0.2) is 0 Å². The molecular formula is C22H22O4. The number of aliphatic hydroxyl groups excluding tert-OH is 1. The highest BCUT2D eigenvalue weighted by Crippen LogP contribution is 2.31. The maximum atomic E-state index is 10.3. The Hall–Kier alpha value is -2.74. The zero-order valence-corrected chi connectivity index (χ0v) is 14.9. The highest BCUT2D eigenvalue weighted by atomic mass is 16.5. The average molecular weight is 350 g/mol. The first-order valence-corrected chi connectivity index (χ1v) is 8.47. The molecule has 0 saturated carbocycles. The monoisotopic (exact) mass is 350 g/mol. The number of aliphatic hydroxyl groups is 1. The van der Waals surface area contributed by atoms with Crippen LogP contribution < -0.4 is 9.47 Å². The summed E-state index contributed by atoms with van der Waals surface area (Å²) in [5.41, 5.74) is 2.71. The molecule has 2 atom stereocenters. The average Bonchev–Trinajstić information content (AvgIpc) is 3.16. The summed E-state index contributed by atoms with van der Waals surface area (Å²) in [6.45, 7) is 0.532. The van der Waals surface area contributed by atoms with Crippen LogP contribution >= 0.6 is 0 Å². The lowest BCUT2D eigenvalue weighted by Crippen LogP contribution is -2.01. The van der Waals surface area contributed by atoms with Gasteiger partial charge in [0, 0.05) is 12.0 Å².